The highest BCUT2D eigenvalue weighted by Crippen LogP contribution is 2.38. The van der Waals surface area contributed by atoms with E-state index >= 15 is 4.39 Å². The lowest BCUT2D eigenvalue weighted by Gasteiger charge is -2.32. The van der Waals surface area contributed by atoms with Crippen LogP contribution in [0.15, 0.2) is 66.7 Å². The SMILES string of the molecule is CN1CCN(Cc2ccc(Cl)cc2-c2c(C(N)=O)nc(-c3ccccc3)n2-c2cccc(Cl)c2F)CC1. The van der Waals surface area contributed by atoms with Crippen molar-refractivity contribution in [2.24, 2.45) is 5.73 Å². The molecular formula is C28H26Cl2FN5O. The Hall–Kier alpha value is -3.23. The Balaban J connectivity index is 1.78. The summed E-state index contributed by atoms with van der Waals surface area (Å²) in [4.78, 5) is 22.0. The Morgan fingerprint density at radius 3 is 2.43 bits per heavy atom. The van der Waals surface area contributed by atoms with Gasteiger partial charge in [-0.05, 0) is 36.9 Å². The maximum Gasteiger partial charge on any atom is 0.269 e. The summed E-state index contributed by atoms with van der Waals surface area (Å²) < 4.78 is 17.2. The van der Waals surface area contributed by atoms with Crippen LogP contribution in [-0.2, 0) is 6.54 Å². The molecule has 1 saturated heterocycles. The number of carbonyl (C=O) groups is 1. The van der Waals surface area contributed by atoms with Crippen LogP contribution in [0.2, 0.25) is 10.0 Å². The van der Waals surface area contributed by atoms with E-state index in [-0.39, 0.29) is 16.4 Å². The second kappa shape index (κ2) is 10.6. The van der Waals surface area contributed by atoms with Crippen LogP contribution in [0, 0.1) is 5.82 Å². The summed E-state index contributed by atoms with van der Waals surface area (Å²) in [6.45, 7) is 4.35. The molecule has 0 unspecified atom stereocenters. The molecule has 0 saturated carbocycles. The van der Waals surface area contributed by atoms with Crippen LogP contribution >= 0.6 is 23.2 Å². The van der Waals surface area contributed by atoms with Gasteiger partial charge in [-0.2, -0.15) is 0 Å². The van der Waals surface area contributed by atoms with Crippen LogP contribution in [0.3, 0.4) is 0 Å². The Morgan fingerprint density at radius 1 is 1.00 bits per heavy atom. The third kappa shape index (κ3) is 5.13. The van der Waals surface area contributed by atoms with Crippen molar-refractivity contribution in [3.8, 4) is 28.3 Å². The minimum absolute atomic E-state index is 0.0279. The molecule has 0 bridgehead atoms. The van der Waals surface area contributed by atoms with Gasteiger partial charge in [-0.15, -0.1) is 0 Å². The van der Waals surface area contributed by atoms with E-state index < -0.39 is 11.7 Å². The lowest BCUT2D eigenvalue weighted by atomic mass is 10.0. The molecule has 1 aliphatic rings. The Kier molecular flexibility index (Phi) is 7.31. The molecule has 1 amide bonds. The molecule has 4 aromatic rings. The van der Waals surface area contributed by atoms with E-state index in [2.05, 4.69) is 21.8 Å². The molecule has 190 valence electrons. The third-order valence-electron chi connectivity index (χ3n) is 6.63. The lowest BCUT2D eigenvalue weighted by molar-refractivity contribution is 0.0996. The van der Waals surface area contributed by atoms with Gasteiger partial charge in [0, 0.05) is 48.9 Å². The molecule has 37 heavy (non-hydrogen) atoms. The normalized spacial score (nSPS) is 14.7. The molecule has 6 nitrogen and oxygen atoms in total. The number of rotatable bonds is 6. The Morgan fingerprint density at radius 2 is 1.73 bits per heavy atom. The van der Waals surface area contributed by atoms with Crippen LogP contribution in [0.5, 0.6) is 0 Å². The number of amides is 1. The zero-order valence-corrected chi connectivity index (χ0v) is 21.8. The van der Waals surface area contributed by atoms with E-state index in [1.54, 1.807) is 22.8 Å². The molecule has 1 fully saturated rings. The number of nitrogens with two attached hydrogens (primary N) is 1. The highest BCUT2D eigenvalue weighted by atomic mass is 35.5. The van der Waals surface area contributed by atoms with E-state index in [1.807, 2.05) is 42.5 Å². The number of halogens is 3. The Bertz CT molecular complexity index is 1450. The fourth-order valence-corrected chi connectivity index (χ4v) is 5.02. The van der Waals surface area contributed by atoms with E-state index in [9.17, 15) is 4.79 Å². The van der Waals surface area contributed by atoms with Crippen LogP contribution in [0.25, 0.3) is 28.3 Å². The van der Waals surface area contributed by atoms with Gasteiger partial charge in [-0.1, -0.05) is 65.7 Å². The van der Waals surface area contributed by atoms with Crippen LogP contribution in [0.1, 0.15) is 16.1 Å². The quantitative estimate of drug-likeness (QED) is 0.352. The Labute approximate surface area is 225 Å². The number of imidazole rings is 1. The van der Waals surface area contributed by atoms with Gasteiger partial charge < -0.3 is 10.6 Å². The van der Waals surface area contributed by atoms with Gasteiger partial charge in [0.15, 0.2) is 11.5 Å². The first-order valence-electron chi connectivity index (χ1n) is 12.0. The van der Waals surface area contributed by atoms with Gasteiger partial charge in [0.25, 0.3) is 5.91 Å². The molecule has 2 heterocycles. The van der Waals surface area contributed by atoms with E-state index in [0.29, 0.717) is 34.2 Å². The summed E-state index contributed by atoms with van der Waals surface area (Å²) in [5.41, 5.74) is 8.71. The summed E-state index contributed by atoms with van der Waals surface area (Å²) in [5.74, 6) is -0.978. The maximum absolute atomic E-state index is 15.5. The fourth-order valence-electron chi connectivity index (χ4n) is 4.67. The first kappa shape index (κ1) is 25.4. The highest BCUT2D eigenvalue weighted by molar-refractivity contribution is 6.31. The molecule has 0 radical (unpaired) electrons. The number of likely N-dealkylation sites (N-methyl/N-ethyl adjacent to an activating group) is 1. The van der Waals surface area contributed by atoms with Gasteiger partial charge >= 0.3 is 0 Å². The molecule has 0 aliphatic carbocycles. The molecule has 3 aromatic carbocycles. The van der Waals surface area contributed by atoms with E-state index in [4.69, 9.17) is 28.9 Å². The van der Waals surface area contributed by atoms with Crippen LogP contribution in [0.4, 0.5) is 4.39 Å². The van der Waals surface area contributed by atoms with Crippen molar-refractivity contribution >= 4 is 29.1 Å². The minimum Gasteiger partial charge on any atom is -0.364 e. The molecule has 5 rings (SSSR count). The molecule has 9 heteroatoms. The number of nitrogens with zero attached hydrogens (tertiary/aromatic N) is 4. The fraction of sp³-hybridized carbons (Fsp3) is 0.214. The zero-order valence-electron chi connectivity index (χ0n) is 20.3. The molecule has 1 aliphatic heterocycles. The average Bonchev–Trinajstić information content (AvgIpc) is 3.29. The number of piperazine rings is 1. The molecule has 1 aromatic heterocycles. The second-order valence-electron chi connectivity index (χ2n) is 9.15. The molecule has 0 spiro atoms. The van der Waals surface area contributed by atoms with Crippen molar-refractivity contribution in [3.05, 3.63) is 93.8 Å². The summed E-state index contributed by atoms with van der Waals surface area (Å²) >= 11 is 12.7. The second-order valence-corrected chi connectivity index (χ2v) is 10.00. The first-order valence-corrected chi connectivity index (χ1v) is 12.7. The van der Waals surface area contributed by atoms with Crippen LogP contribution in [-0.4, -0.2) is 58.5 Å². The predicted molar refractivity (Wildman–Crippen MR) is 146 cm³/mol. The molecule has 2 N–H and O–H groups in total. The van der Waals surface area contributed by atoms with Crippen molar-refractivity contribution in [1.29, 1.82) is 0 Å². The van der Waals surface area contributed by atoms with Gasteiger partial charge in [0.2, 0.25) is 0 Å². The molecular weight excluding hydrogens is 512 g/mol. The average molecular weight is 538 g/mol. The van der Waals surface area contributed by atoms with E-state index in [0.717, 1.165) is 31.7 Å². The van der Waals surface area contributed by atoms with Gasteiger partial charge in [0.05, 0.1) is 16.4 Å². The maximum atomic E-state index is 15.5. The van der Waals surface area contributed by atoms with Crippen molar-refractivity contribution in [1.82, 2.24) is 19.4 Å². The monoisotopic (exact) mass is 537 g/mol. The number of aromatic nitrogens is 2. The first-order chi connectivity index (χ1) is 17.8. The van der Waals surface area contributed by atoms with Gasteiger partial charge in [-0.3, -0.25) is 14.3 Å². The standard InChI is InChI=1S/C28H26Cl2FN5O/c1-34-12-14-35(15-13-34)17-19-10-11-20(29)16-21(19)26-25(27(32)37)33-28(18-6-3-2-4-7-18)36(26)23-9-5-8-22(30)24(23)31/h2-11,16H,12-15,17H2,1H3,(H2,32,37). The summed E-state index contributed by atoms with van der Waals surface area (Å²) in [6, 6.07) is 19.6. The number of benzene rings is 3. The number of carbonyl (C=O) groups excluding carboxylic acids is 1. The van der Waals surface area contributed by atoms with Crippen molar-refractivity contribution in [3.63, 3.8) is 0 Å². The topological polar surface area (TPSA) is 67.4 Å². The van der Waals surface area contributed by atoms with Gasteiger partial charge in [0.1, 0.15) is 5.82 Å². The minimum atomic E-state index is -0.723. The third-order valence-corrected chi connectivity index (χ3v) is 7.16. The van der Waals surface area contributed by atoms with Crippen molar-refractivity contribution in [2.45, 2.75) is 6.54 Å². The lowest BCUT2D eigenvalue weighted by Crippen LogP contribution is -2.43. The van der Waals surface area contributed by atoms with Crippen molar-refractivity contribution in [2.75, 3.05) is 33.2 Å². The summed E-state index contributed by atoms with van der Waals surface area (Å²) in [6.07, 6.45) is 0. The highest BCUT2D eigenvalue weighted by Gasteiger charge is 2.28. The predicted octanol–water partition coefficient (Wildman–Crippen LogP) is 5.50. The molecule has 0 atom stereocenters. The number of primary amides is 1. The number of hydrogen-bond donors (Lipinski definition) is 1. The van der Waals surface area contributed by atoms with E-state index in [1.165, 1.54) is 6.07 Å². The largest absolute Gasteiger partial charge is 0.364 e. The van der Waals surface area contributed by atoms with Crippen molar-refractivity contribution < 1.29 is 9.18 Å². The number of hydrogen-bond acceptors (Lipinski definition) is 4. The zero-order chi connectivity index (χ0) is 26.1. The van der Waals surface area contributed by atoms with Crippen LogP contribution < -0.4 is 5.73 Å². The summed E-state index contributed by atoms with van der Waals surface area (Å²) in [5, 5.41) is 0.439. The summed E-state index contributed by atoms with van der Waals surface area (Å²) in [7, 11) is 2.10. The smallest absolute Gasteiger partial charge is 0.269 e. The van der Waals surface area contributed by atoms with Gasteiger partial charge in [-0.25, -0.2) is 9.37 Å².